The molecule has 1 fully saturated rings. The maximum atomic E-state index is 13.9. The van der Waals surface area contributed by atoms with Crippen molar-refractivity contribution in [3.05, 3.63) is 53.5 Å². The molecular formula is C20H23FN2O3. The van der Waals surface area contributed by atoms with Crippen LogP contribution in [0, 0.1) is 5.82 Å². The molecule has 0 radical (unpaired) electrons. The highest BCUT2D eigenvalue weighted by Gasteiger charge is 2.28. The highest BCUT2D eigenvalue weighted by Crippen LogP contribution is 2.17. The van der Waals surface area contributed by atoms with Crippen molar-refractivity contribution in [1.82, 2.24) is 10.3 Å². The zero-order valence-electron chi connectivity index (χ0n) is 15.0. The molecule has 138 valence electrons. The van der Waals surface area contributed by atoms with Crippen LogP contribution >= 0.6 is 0 Å². The lowest BCUT2D eigenvalue weighted by atomic mass is 10.1. The summed E-state index contributed by atoms with van der Waals surface area (Å²) in [6.45, 7) is 5.51. The van der Waals surface area contributed by atoms with Crippen LogP contribution in [0.3, 0.4) is 0 Å². The summed E-state index contributed by atoms with van der Waals surface area (Å²) in [6.07, 6.45) is 2.59. The molecule has 2 atom stereocenters. The van der Waals surface area contributed by atoms with Crippen LogP contribution in [0.1, 0.15) is 30.8 Å². The summed E-state index contributed by atoms with van der Waals surface area (Å²) >= 11 is 0. The first-order chi connectivity index (χ1) is 12.5. The van der Waals surface area contributed by atoms with Crippen molar-refractivity contribution in [2.75, 3.05) is 19.8 Å². The van der Waals surface area contributed by atoms with Gasteiger partial charge in [-0.1, -0.05) is 29.8 Å². The van der Waals surface area contributed by atoms with Gasteiger partial charge in [-0.2, -0.15) is 0 Å². The van der Waals surface area contributed by atoms with Gasteiger partial charge in [-0.3, -0.25) is 4.79 Å². The number of rotatable bonds is 5. The van der Waals surface area contributed by atoms with E-state index < -0.39 is 5.82 Å². The van der Waals surface area contributed by atoms with Crippen molar-refractivity contribution < 1.29 is 18.7 Å². The van der Waals surface area contributed by atoms with Crippen LogP contribution in [0.4, 0.5) is 4.39 Å². The molecular weight excluding hydrogens is 335 g/mol. The molecule has 1 aliphatic heterocycles. The SMILES string of the molecule is CC(C)=CCO[C@@H]1CCOC[C@@H]1NC(=O)c1ccc2cccc(F)c2n1. The third-order valence-corrected chi connectivity index (χ3v) is 4.31. The molecule has 3 rings (SSSR count). The molecule has 1 amide bonds. The number of allylic oxidation sites excluding steroid dienone is 1. The van der Waals surface area contributed by atoms with Crippen molar-refractivity contribution >= 4 is 16.8 Å². The number of pyridine rings is 1. The van der Waals surface area contributed by atoms with Crippen LogP contribution in [0.2, 0.25) is 0 Å². The number of ether oxygens (including phenoxy) is 2. The molecule has 0 unspecified atom stereocenters. The van der Waals surface area contributed by atoms with Crippen LogP contribution in [0.25, 0.3) is 10.9 Å². The highest BCUT2D eigenvalue weighted by atomic mass is 19.1. The second kappa shape index (κ2) is 8.38. The van der Waals surface area contributed by atoms with Crippen molar-refractivity contribution in [2.45, 2.75) is 32.4 Å². The van der Waals surface area contributed by atoms with Crippen molar-refractivity contribution in [2.24, 2.45) is 0 Å². The van der Waals surface area contributed by atoms with E-state index in [0.717, 1.165) is 0 Å². The minimum absolute atomic E-state index is 0.125. The fourth-order valence-electron chi connectivity index (χ4n) is 2.87. The summed E-state index contributed by atoms with van der Waals surface area (Å²) in [4.78, 5) is 16.7. The summed E-state index contributed by atoms with van der Waals surface area (Å²) in [7, 11) is 0. The van der Waals surface area contributed by atoms with Crippen molar-refractivity contribution in [1.29, 1.82) is 0 Å². The summed E-state index contributed by atoms with van der Waals surface area (Å²) in [6, 6.07) is 7.74. The van der Waals surface area contributed by atoms with E-state index in [0.29, 0.717) is 31.6 Å². The lowest BCUT2D eigenvalue weighted by Crippen LogP contribution is -2.50. The first-order valence-electron chi connectivity index (χ1n) is 8.73. The van der Waals surface area contributed by atoms with Gasteiger partial charge in [0.1, 0.15) is 17.0 Å². The summed E-state index contributed by atoms with van der Waals surface area (Å²) in [5.74, 6) is -0.803. The van der Waals surface area contributed by atoms with Crippen molar-refractivity contribution in [3.8, 4) is 0 Å². The van der Waals surface area contributed by atoms with Crippen LogP contribution < -0.4 is 5.32 Å². The molecule has 2 heterocycles. The molecule has 1 aliphatic rings. The quantitative estimate of drug-likeness (QED) is 0.834. The number of benzene rings is 1. The largest absolute Gasteiger partial charge is 0.379 e. The predicted molar refractivity (Wildman–Crippen MR) is 97.6 cm³/mol. The lowest BCUT2D eigenvalue weighted by molar-refractivity contribution is -0.0457. The van der Waals surface area contributed by atoms with Gasteiger partial charge in [0.05, 0.1) is 25.4 Å². The van der Waals surface area contributed by atoms with E-state index in [-0.39, 0.29) is 29.3 Å². The molecule has 5 nitrogen and oxygen atoms in total. The van der Waals surface area contributed by atoms with Gasteiger partial charge in [0.15, 0.2) is 0 Å². The van der Waals surface area contributed by atoms with Gasteiger partial charge >= 0.3 is 0 Å². The third-order valence-electron chi connectivity index (χ3n) is 4.31. The minimum atomic E-state index is -0.443. The Morgan fingerprint density at radius 2 is 2.23 bits per heavy atom. The van der Waals surface area contributed by atoms with Gasteiger partial charge in [0.2, 0.25) is 0 Å². The average Bonchev–Trinajstić information content (AvgIpc) is 2.63. The Hall–Kier alpha value is -2.31. The van der Waals surface area contributed by atoms with Gasteiger partial charge in [0.25, 0.3) is 5.91 Å². The Kier molecular flexibility index (Phi) is 5.96. The Balaban J connectivity index is 1.71. The Bertz CT molecular complexity index is 818. The standard InChI is InChI=1S/C20H23FN2O3/c1-13(2)8-11-26-18-9-10-25-12-17(18)23-20(24)16-7-6-14-4-3-5-15(21)19(14)22-16/h3-8,17-18H,9-12H2,1-2H3,(H,23,24)/t17-,18+/m0/s1. The molecule has 0 aliphatic carbocycles. The van der Waals surface area contributed by atoms with Gasteiger partial charge in [0, 0.05) is 12.0 Å². The normalized spacial score (nSPS) is 20.0. The topological polar surface area (TPSA) is 60.5 Å². The maximum Gasteiger partial charge on any atom is 0.270 e. The monoisotopic (exact) mass is 358 g/mol. The second-order valence-corrected chi connectivity index (χ2v) is 6.60. The van der Waals surface area contributed by atoms with E-state index in [1.54, 1.807) is 24.3 Å². The number of hydrogen-bond donors (Lipinski definition) is 1. The number of halogens is 1. The number of carbonyl (C=O) groups excluding carboxylic acids is 1. The zero-order chi connectivity index (χ0) is 18.5. The zero-order valence-corrected chi connectivity index (χ0v) is 15.0. The van der Waals surface area contributed by atoms with E-state index in [2.05, 4.69) is 10.3 Å². The molecule has 0 bridgehead atoms. The molecule has 1 N–H and O–H groups in total. The van der Waals surface area contributed by atoms with Gasteiger partial charge < -0.3 is 14.8 Å². The van der Waals surface area contributed by atoms with E-state index in [1.165, 1.54) is 11.6 Å². The van der Waals surface area contributed by atoms with E-state index in [1.807, 2.05) is 19.9 Å². The second-order valence-electron chi connectivity index (χ2n) is 6.60. The molecule has 1 saturated heterocycles. The first kappa shape index (κ1) is 18.5. The summed E-state index contributed by atoms with van der Waals surface area (Å²) in [5, 5.41) is 3.57. The van der Waals surface area contributed by atoms with Gasteiger partial charge in [-0.05, 0) is 32.4 Å². The van der Waals surface area contributed by atoms with Gasteiger partial charge in [-0.15, -0.1) is 0 Å². The molecule has 2 aromatic rings. The van der Waals surface area contributed by atoms with E-state index in [4.69, 9.17) is 9.47 Å². The summed E-state index contributed by atoms with van der Waals surface area (Å²) < 4.78 is 25.3. The molecule has 0 saturated carbocycles. The number of nitrogens with zero attached hydrogens (tertiary/aromatic N) is 1. The molecule has 1 aromatic heterocycles. The average molecular weight is 358 g/mol. The maximum absolute atomic E-state index is 13.9. The highest BCUT2D eigenvalue weighted by molar-refractivity contribution is 5.95. The number of hydrogen-bond acceptors (Lipinski definition) is 4. The number of nitrogens with one attached hydrogen (secondary N) is 1. The Morgan fingerprint density at radius 3 is 3.04 bits per heavy atom. The smallest absolute Gasteiger partial charge is 0.270 e. The number of amides is 1. The number of para-hydroxylation sites is 1. The third kappa shape index (κ3) is 4.45. The van der Waals surface area contributed by atoms with Crippen LogP contribution in [0.5, 0.6) is 0 Å². The first-order valence-corrected chi connectivity index (χ1v) is 8.73. The Morgan fingerprint density at radius 1 is 1.38 bits per heavy atom. The fourth-order valence-corrected chi connectivity index (χ4v) is 2.87. The molecule has 1 aromatic carbocycles. The van der Waals surface area contributed by atoms with Crippen molar-refractivity contribution in [3.63, 3.8) is 0 Å². The van der Waals surface area contributed by atoms with E-state index >= 15 is 0 Å². The van der Waals surface area contributed by atoms with Crippen LogP contribution in [-0.4, -0.2) is 42.9 Å². The number of aromatic nitrogens is 1. The molecule has 0 spiro atoms. The number of fused-ring (bicyclic) bond motifs is 1. The lowest BCUT2D eigenvalue weighted by Gasteiger charge is -2.31. The van der Waals surface area contributed by atoms with Crippen LogP contribution in [0.15, 0.2) is 42.0 Å². The number of carbonyl (C=O) groups is 1. The molecule has 6 heteroatoms. The minimum Gasteiger partial charge on any atom is -0.379 e. The summed E-state index contributed by atoms with van der Waals surface area (Å²) in [5.41, 5.74) is 1.55. The van der Waals surface area contributed by atoms with E-state index in [9.17, 15) is 9.18 Å². The fraction of sp³-hybridized carbons (Fsp3) is 0.400. The van der Waals surface area contributed by atoms with Crippen LogP contribution in [-0.2, 0) is 9.47 Å². The molecule has 26 heavy (non-hydrogen) atoms. The Labute approximate surface area is 152 Å². The predicted octanol–water partition coefficient (Wildman–Crippen LogP) is 3.24. The van der Waals surface area contributed by atoms with Gasteiger partial charge in [-0.25, -0.2) is 9.37 Å².